The molecule has 0 saturated heterocycles. The molecule has 0 aromatic heterocycles. The fraction of sp³-hybridized carbons (Fsp3) is 0.375. The Balaban J connectivity index is 2.06. The normalized spacial score (nSPS) is 12.9. The summed E-state index contributed by atoms with van der Waals surface area (Å²) in [6.07, 6.45) is 0.750. The first kappa shape index (κ1) is 30.9. The summed E-state index contributed by atoms with van der Waals surface area (Å²) in [7, 11) is -4.10. The molecule has 0 aliphatic heterocycles. The molecular formula is C32H41N3O4S. The van der Waals surface area contributed by atoms with Crippen LogP contribution >= 0.6 is 0 Å². The molecule has 3 aromatic carbocycles. The quantitative estimate of drug-likeness (QED) is 0.336. The second-order valence-corrected chi connectivity index (χ2v) is 12.5. The van der Waals surface area contributed by atoms with Gasteiger partial charge in [-0.2, -0.15) is 0 Å². The van der Waals surface area contributed by atoms with E-state index in [1.807, 2.05) is 77.9 Å². The molecule has 0 bridgehead atoms. The highest BCUT2D eigenvalue weighted by molar-refractivity contribution is 7.92. The molecule has 3 rings (SSSR count). The van der Waals surface area contributed by atoms with Crippen LogP contribution in [-0.4, -0.2) is 43.8 Å². The van der Waals surface area contributed by atoms with Crippen LogP contribution in [0.25, 0.3) is 0 Å². The van der Waals surface area contributed by atoms with Crippen molar-refractivity contribution in [2.75, 3.05) is 10.8 Å². The fourth-order valence-corrected chi connectivity index (χ4v) is 5.97. The van der Waals surface area contributed by atoms with Gasteiger partial charge in [-0.3, -0.25) is 13.9 Å². The van der Waals surface area contributed by atoms with Crippen LogP contribution in [0.1, 0.15) is 55.0 Å². The lowest BCUT2D eigenvalue weighted by Gasteiger charge is -2.33. The van der Waals surface area contributed by atoms with Crippen LogP contribution < -0.4 is 9.62 Å². The van der Waals surface area contributed by atoms with Crippen molar-refractivity contribution >= 4 is 27.5 Å². The number of hydrogen-bond donors (Lipinski definition) is 1. The predicted molar refractivity (Wildman–Crippen MR) is 161 cm³/mol. The molecule has 0 fully saturated rings. The summed E-state index contributed by atoms with van der Waals surface area (Å²) < 4.78 is 29.2. The van der Waals surface area contributed by atoms with E-state index in [0.717, 1.165) is 38.5 Å². The molecule has 0 heterocycles. The molecule has 0 aliphatic rings. The average molecular weight is 564 g/mol. The van der Waals surface area contributed by atoms with Gasteiger partial charge in [0.25, 0.3) is 10.0 Å². The summed E-state index contributed by atoms with van der Waals surface area (Å²) in [6.45, 7) is 12.9. The van der Waals surface area contributed by atoms with E-state index in [9.17, 15) is 18.0 Å². The Morgan fingerprint density at radius 3 is 2.08 bits per heavy atom. The van der Waals surface area contributed by atoms with Crippen molar-refractivity contribution in [3.8, 4) is 0 Å². The van der Waals surface area contributed by atoms with Crippen LogP contribution in [0.2, 0.25) is 0 Å². The van der Waals surface area contributed by atoms with Crippen molar-refractivity contribution in [1.29, 1.82) is 0 Å². The van der Waals surface area contributed by atoms with Crippen LogP contribution in [0.3, 0.4) is 0 Å². The summed E-state index contributed by atoms with van der Waals surface area (Å²) in [4.78, 5) is 28.8. The number of anilines is 1. The maximum Gasteiger partial charge on any atom is 0.264 e. The van der Waals surface area contributed by atoms with Crippen molar-refractivity contribution in [3.05, 3.63) is 94.5 Å². The zero-order valence-corrected chi connectivity index (χ0v) is 25.4. The minimum Gasteiger partial charge on any atom is -0.352 e. The van der Waals surface area contributed by atoms with Gasteiger partial charge in [0.15, 0.2) is 0 Å². The van der Waals surface area contributed by atoms with Gasteiger partial charge in [0.1, 0.15) is 12.6 Å². The molecule has 2 unspecified atom stereocenters. The van der Waals surface area contributed by atoms with Gasteiger partial charge in [-0.15, -0.1) is 0 Å². The van der Waals surface area contributed by atoms with Gasteiger partial charge in [-0.25, -0.2) is 8.42 Å². The maximum atomic E-state index is 14.1. The van der Waals surface area contributed by atoms with Crippen LogP contribution in [0.5, 0.6) is 0 Å². The van der Waals surface area contributed by atoms with E-state index >= 15 is 0 Å². The predicted octanol–water partition coefficient (Wildman–Crippen LogP) is 5.45. The van der Waals surface area contributed by atoms with E-state index in [-0.39, 0.29) is 23.4 Å². The molecule has 3 aromatic rings. The number of carbonyl (C=O) groups is 2. The largest absolute Gasteiger partial charge is 0.352 e. The standard InChI is InChI=1S/C32H41N3O4S/c1-8-26(6)33-32(37)27(7)34(20-28-11-9-10-23(3)19-28)31(36)21-35(30-17-14-24(4)18-25(30)5)40(38,39)29-15-12-22(2)13-16-29/h9-19,26-27H,8,20-21H2,1-7H3,(H,33,37). The first-order valence-corrected chi connectivity index (χ1v) is 15.1. The first-order chi connectivity index (χ1) is 18.8. The third-order valence-electron chi connectivity index (χ3n) is 7.11. The number of carbonyl (C=O) groups excluding carboxylic acids is 2. The molecule has 0 radical (unpaired) electrons. The maximum absolute atomic E-state index is 14.1. The molecule has 0 spiro atoms. The van der Waals surface area contributed by atoms with Gasteiger partial charge in [0.2, 0.25) is 11.8 Å². The molecule has 2 atom stereocenters. The Hall–Kier alpha value is -3.65. The van der Waals surface area contributed by atoms with Gasteiger partial charge >= 0.3 is 0 Å². The number of amides is 2. The zero-order chi connectivity index (χ0) is 29.6. The Morgan fingerprint density at radius 2 is 1.48 bits per heavy atom. The van der Waals surface area contributed by atoms with E-state index in [2.05, 4.69) is 5.32 Å². The smallest absolute Gasteiger partial charge is 0.264 e. The first-order valence-electron chi connectivity index (χ1n) is 13.7. The Bertz CT molecular complexity index is 1450. The van der Waals surface area contributed by atoms with E-state index < -0.39 is 28.5 Å². The highest BCUT2D eigenvalue weighted by Gasteiger charge is 2.33. The molecule has 1 N–H and O–H groups in total. The van der Waals surface area contributed by atoms with Crippen LogP contribution in [0.15, 0.2) is 71.6 Å². The van der Waals surface area contributed by atoms with Crippen LogP contribution in [0.4, 0.5) is 5.69 Å². The third-order valence-corrected chi connectivity index (χ3v) is 8.89. The molecule has 214 valence electrons. The van der Waals surface area contributed by atoms with E-state index in [1.54, 1.807) is 37.3 Å². The molecule has 7 nitrogen and oxygen atoms in total. The molecule has 0 aliphatic carbocycles. The highest BCUT2D eigenvalue weighted by Crippen LogP contribution is 2.28. The number of nitrogens with zero attached hydrogens (tertiary/aromatic N) is 2. The molecular weight excluding hydrogens is 522 g/mol. The summed E-state index contributed by atoms with van der Waals surface area (Å²) in [5, 5.41) is 2.96. The van der Waals surface area contributed by atoms with Gasteiger partial charge in [0, 0.05) is 12.6 Å². The van der Waals surface area contributed by atoms with E-state index in [1.165, 1.54) is 4.90 Å². The minimum absolute atomic E-state index is 0.0560. The monoisotopic (exact) mass is 563 g/mol. The van der Waals surface area contributed by atoms with Gasteiger partial charge < -0.3 is 10.2 Å². The van der Waals surface area contributed by atoms with E-state index in [4.69, 9.17) is 0 Å². The number of benzene rings is 3. The van der Waals surface area contributed by atoms with Crippen molar-refractivity contribution in [3.63, 3.8) is 0 Å². The van der Waals surface area contributed by atoms with Gasteiger partial charge in [-0.05, 0) is 77.3 Å². The Labute approximate surface area is 239 Å². The second kappa shape index (κ2) is 13.1. The average Bonchev–Trinajstić information content (AvgIpc) is 2.90. The lowest BCUT2D eigenvalue weighted by molar-refractivity contribution is -0.139. The lowest BCUT2D eigenvalue weighted by Crippen LogP contribution is -2.52. The molecule has 8 heteroatoms. The van der Waals surface area contributed by atoms with Crippen molar-refractivity contribution in [1.82, 2.24) is 10.2 Å². The van der Waals surface area contributed by atoms with Crippen LogP contribution in [-0.2, 0) is 26.2 Å². The highest BCUT2D eigenvalue weighted by atomic mass is 32.2. The number of sulfonamides is 1. The topological polar surface area (TPSA) is 86.8 Å². The Kier molecular flexibility index (Phi) is 10.1. The van der Waals surface area contributed by atoms with Gasteiger partial charge in [0.05, 0.1) is 10.6 Å². The minimum atomic E-state index is -4.10. The second-order valence-electron chi connectivity index (χ2n) is 10.6. The van der Waals surface area contributed by atoms with Crippen molar-refractivity contribution < 1.29 is 18.0 Å². The van der Waals surface area contributed by atoms with Crippen molar-refractivity contribution in [2.24, 2.45) is 0 Å². The number of aryl methyl sites for hydroxylation is 4. The zero-order valence-electron chi connectivity index (χ0n) is 24.6. The molecule has 40 heavy (non-hydrogen) atoms. The summed E-state index contributed by atoms with van der Waals surface area (Å²) in [5.41, 5.74) is 4.95. The van der Waals surface area contributed by atoms with Crippen molar-refractivity contribution in [2.45, 2.75) is 78.4 Å². The summed E-state index contributed by atoms with van der Waals surface area (Å²) in [6, 6.07) is 18.9. The van der Waals surface area contributed by atoms with E-state index in [0.29, 0.717) is 5.69 Å². The number of nitrogens with one attached hydrogen (secondary N) is 1. The molecule has 2 amide bonds. The molecule has 0 saturated carbocycles. The fourth-order valence-electron chi connectivity index (χ4n) is 4.49. The summed E-state index contributed by atoms with van der Waals surface area (Å²) >= 11 is 0. The number of hydrogen-bond acceptors (Lipinski definition) is 4. The van der Waals surface area contributed by atoms with Crippen LogP contribution in [0, 0.1) is 27.7 Å². The summed E-state index contributed by atoms with van der Waals surface area (Å²) in [5.74, 6) is -0.751. The number of rotatable bonds is 11. The Morgan fingerprint density at radius 1 is 0.850 bits per heavy atom. The third kappa shape index (κ3) is 7.50. The van der Waals surface area contributed by atoms with Gasteiger partial charge in [-0.1, -0.05) is 72.1 Å². The SMILES string of the molecule is CCC(C)NC(=O)C(C)N(Cc1cccc(C)c1)C(=O)CN(c1ccc(C)cc1C)S(=O)(=O)c1ccc(C)cc1. The lowest BCUT2D eigenvalue weighted by atomic mass is 10.1.